The molecule has 2 heterocycles. The standard InChI is InChI=1S/C20H20N2O2S/c1-14-7-5-11-17-18(14)21-20(25-17)22(13-16-10-6-12-24-16)19(23)15-8-3-2-4-9-15/h2-5,7-9,11,16H,6,10,12-13H2,1H3. The number of rotatable bonds is 4. The van der Waals surface area contributed by atoms with Gasteiger partial charge in [-0.1, -0.05) is 41.7 Å². The van der Waals surface area contributed by atoms with Crippen molar-refractivity contribution < 1.29 is 9.53 Å². The minimum absolute atomic E-state index is 0.0205. The van der Waals surface area contributed by atoms with Gasteiger partial charge in [-0.2, -0.15) is 0 Å². The van der Waals surface area contributed by atoms with Gasteiger partial charge in [-0.25, -0.2) is 4.98 Å². The van der Waals surface area contributed by atoms with Crippen molar-refractivity contribution in [2.45, 2.75) is 25.9 Å². The number of thiazole rings is 1. The fraction of sp³-hybridized carbons (Fsp3) is 0.300. The molecule has 0 saturated carbocycles. The number of carbonyl (C=O) groups excluding carboxylic acids is 1. The van der Waals surface area contributed by atoms with E-state index in [1.54, 1.807) is 16.2 Å². The highest BCUT2D eigenvalue weighted by Crippen LogP contribution is 2.32. The Kier molecular flexibility index (Phi) is 4.51. The third-order valence-electron chi connectivity index (χ3n) is 4.52. The Morgan fingerprint density at radius 3 is 2.80 bits per heavy atom. The first-order valence-corrected chi connectivity index (χ1v) is 9.39. The predicted octanol–water partition coefficient (Wildman–Crippen LogP) is 4.43. The molecule has 1 saturated heterocycles. The summed E-state index contributed by atoms with van der Waals surface area (Å²) >= 11 is 1.56. The van der Waals surface area contributed by atoms with E-state index in [0.717, 1.165) is 40.4 Å². The van der Waals surface area contributed by atoms with E-state index in [9.17, 15) is 4.79 Å². The van der Waals surface area contributed by atoms with Crippen molar-refractivity contribution in [2.24, 2.45) is 0 Å². The number of amides is 1. The maximum atomic E-state index is 13.1. The quantitative estimate of drug-likeness (QED) is 0.697. The Morgan fingerprint density at radius 2 is 2.08 bits per heavy atom. The van der Waals surface area contributed by atoms with Crippen molar-refractivity contribution in [3.05, 3.63) is 59.7 Å². The molecule has 128 valence electrons. The number of nitrogens with zero attached hydrogens (tertiary/aromatic N) is 2. The summed E-state index contributed by atoms with van der Waals surface area (Å²) in [6, 6.07) is 15.5. The van der Waals surface area contributed by atoms with E-state index in [-0.39, 0.29) is 12.0 Å². The Bertz CT molecular complexity index is 885. The second-order valence-electron chi connectivity index (χ2n) is 6.33. The SMILES string of the molecule is Cc1cccc2sc(N(CC3CCCO3)C(=O)c3ccccc3)nc12. The summed E-state index contributed by atoms with van der Waals surface area (Å²) in [6.07, 6.45) is 2.13. The normalized spacial score (nSPS) is 17.1. The van der Waals surface area contributed by atoms with E-state index >= 15 is 0 Å². The molecule has 0 bridgehead atoms. The van der Waals surface area contributed by atoms with Crippen LogP contribution in [0.15, 0.2) is 48.5 Å². The largest absolute Gasteiger partial charge is 0.376 e. The van der Waals surface area contributed by atoms with Gasteiger partial charge in [-0.05, 0) is 43.5 Å². The zero-order chi connectivity index (χ0) is 17.2. The van der Waals surface area contributed by atoms with E-state index in [2.05, 4.69) is 19.1 Å². The first-order valence-electron chi connectivity index (χ1n) is 8.57. The smallest absolute Gasteiger partial charge is 0.260 e. The summed E-state index contributed by atoms with van der Waals surface area (Å²) in [5.74, 6) is -0.0205. The van der Waals surface area contributed by atoms with Gasteiger partial charge >= 0.3 is 0 Å². The summed E-state index contributed by atoms with van der Waals surface area (Å²) in [6.45, 7) is 3.37. The zero-order valence-corrected chi connectivity index (χ0v) is 15.0. The van der Waals surface area contributed by atoms with Crippen molar-refractivity contribution in [1.29, 1.82) is 0 Å². The van der Waals surface area contributed by atoms with Gasteiger partial charge in [0, 0.05) is 12.2 Å². The van der Waals surface area contributed by atoms with Gasteiger partial charge in [0.25, 0.3) is 5.91 Å². The average Bonchev–Trinajstić information content (AvgIpc) is 3.30. The van der Waals surface area contributed by atoms with Crippen molar-refractivity contribution in [2.75, 3.05) is 18.1 Å². The van der Waals surface area contributed by atoms with Crippen LogP contribution in [-0.4, -0.2) is 30.1 Å². The summed E-state index contributed by atoms with van der Waals surface area (Å²) in [5.41, 5.74) is 2.78. The van der Waals surface area contributed by atoms with Crippen LogP contribution in [0.1, 0.15) is 28.8 Å². The highest BCUT2D eigenvalue weighted by Gasteiger charge is 2.27. The number of aromatic nitrogens is 1. The van der Waals surface area contributed by atoms with E-state index in [4.69, 9.17) is 9.72 Å². The molecule has 25 heavy (non-hydrogen) atoms. The first kappa shape index (κ1) is 16.2. The van der Waals surface area contributed by atoms with E-state index in [1.165, 1.54) is 0 Å². The minimum Gasteiger partial charge on any atom is -0.376 e. The van der Waals surface area contributed by atoms with Gasteiger partial charge in [0.1, 0.15) is 0 Å². The number of carbonyl (C=O) groups is 1. The van der Waals surface area contributed by atoms with Gasteiger partial charge < -0.3 is 4.74 Å². The number of hydrogen-bond donors (Lipinski definition) is 0. The molecule has 0 aliphatic carbocycles. The molecule has 1 aromatic heterocycles. The molecule has 1 atom stereocenters. The molecule has 1 aliphatic rings. The lowest BCUT2D eigenvalue weighted by Gasteiger charge is -2.23. The van der Waals surface area contributed by atoms with Crippen LogP contribution in [0, 0.1) is 6.92 Å². The lowest BCUT2D eigenvalue weighted by molar-refractivity contribution is 0.0917. The van der Waals surface area contributed by atoms with Gasteiger partial charge in [-0.3, -0.25) is 9.69 Å². The van der Waals surface area contributed by atoms with Gasteiger partial charge in [-0.15, -0.1) is 0 Å². The van der Waals surface area contributed by atoms with Gasteiger partial charge in [0.05, 0.1) is 22.9 Å². The number of fused-ring (bicyclic) bond motifs is 1. The summed E-state index contributed by atoms with van der Waals surface area (Å²) in [7, 11) is 0. The Balaban J connectivity index is 1.72. The highest BCUT2D eigenvalue weighted by atomic mass is 32.1. The van der Waals surface area contributed by atoms with Crippen molar-refractivity contribution in [1.82, 2.24) is 4.98 Å². The molecule has 0 N–H and O–H groups in total. The number of para-hydroxylation sites is 1. The molecule has 4 nitrogen and oxygen atoms in total. The summed E-state index contributed by atoms with van der Waals surface area (Å²) in [5, 5.41) is 0.744. The third-order valence-corrected chi connectivity index (χ3v) is 5.56. The van der Waals surface area contributed by atoms with E-state index in [0.29, 0.717) is 12.1 Å². The number of anilines is 1. The van der Waals surface area contributed by atoms with Crippen LogP contribution in [0.3, 0.4) is 0 Å². The molecule has 0 spiro atoms. The van der Waals surface area contributed by atoms with E-state index in [1.807, 2.05) is 36.4 Å². The Labute approximate surface area is 151 Å². The molecule has 1 fully saturated rings. The van der Waals surface area contributed by atoms with Crippen LogP contribution in [0.5, 0.6) is 0 Å². The molecule has 1 aliphatic heterocycles. The van der Waals surface area contributed by atoms with Crippen LogP contribution >= 0.6 is 11.3 Å². The Hall–Kier alpha value is -2.24. The second kappa shape index (κ2) is 6.94. The molecule has 0 radical (unpaired) electrons. The van der Waals surface area contributed by atoms with Crippen molar-refractivity contribution in [3.8, 4) is 0 Å². The van der Waals surface area contributed by atoms with Crippen LogP contribution in [0.2, 0.25) is 0 Å². The van der Waals surface area contributed by atoms with Crippen molar-refractivity contribution >= 4 is 32.6 Å². The fourth-order valence-corrected chi connectivity index (χ4v) is 4.22. The highest BCUT2D eigenvalue weighted by molar-refractivity contribution is 7.22. The van der Waals surface area contributed by atoms with Crippen LogP contribution in [-0.2, 0) is 4.74 Å². The second-order valence-corrected chi connectivity index (χ2v) is 7.34. The molecule has 1 amide bonds. The number of ether oxygens (including phenoxy) is 1. The van der Waals surface area contributed by atoms with Crippen molar-refractivity contribution in [3.63, 3.8) is 0 Å². The number of benzene rings is 2. The van der Waals surface area contributed by atoms with Crippen LogP contribution < -0.4 is 4.90 Å². The molecule has 1 unspecified atom stereocenters. The van der Waals surface area contributed by atoms with Gasteiger partial charge in [0.2, 0.25) is 0 Å². The minimum atomic E-state index is -0.0205. The summed E-state index contributed by atoms with van der Waals surface area (Å²) < 4.78 is 6.88. The lowest BCUT2D eigenvalue weighted by Crippen LogP contribution is -2.37. The monoisotopic (exact) mass is 352 g/mol. The van der Waals surface area contributed by atoms with Crippen LogP contribution in [0.25, 0.3) is 10.2 Å². The predicted molar refractivity (Wildman–Crippen MR) is 101 cm³/mol. The average molecular weight is 352 g/mol. The van der Waals surface area contributed by atoms with E-state index < -0.39 is 0 Å². The Morgan fingerprint density at radius 1 is 1.24 bits per heavy atom. The topological polar surface area (TPSA) is 42.4 Å². The number of hydrogen-bond acceptors (Lipinski definition) is 4. The molecule has 5 heteroatoms. The maximum Gasteiger partial charge on any atom is 0.260 e. The van der Waals surface area contributed by atoms with Crippen LogP contribution in [0.4, 0.5) is 5.13 Å². The summed E-state index contributed by atoms with van der Waals surface area (Å²) in [4.78, 5) is 19.7. The van der Waals surface area contributed by atoms with Gasteiger partial charge in [0.15, 0.2) is 5.13 Å². The first-order chi connectivity index (χ1) is 12.2. The fourth-order valence-electron chi connectivity index (χ4n) is 3.17. The molecular weight excluding hydrogens is 332 g/mol. The molecular formula is C20H20N2O2S. The molecule has 3 aromatic rings. The lowest BCUT2D eigenvalue weighted by atomic mass is 10.2. The molecule has 4 rings (SSSR count). The third kappa shape index (κ3) is 3.30. The maximum absolute atomic E-state index is 13.1. The zero-order valence-electron chi connectivity index (χ0n) is 14.1. The molecule has 2 aromatic carbocycles. The number of aryl methyl sites for hydroxylation is 1.